The molecule has 0 atom stereocenters. The van der Waals surface area contributed by atoms with E-state index in [-0.39, 0.29) is 11.7 Å². The highest BCUT2D eigenvalue weighted by Gasteiger charge is 2.28. The molecule has 6 nitrogen and oxygen atoms in total. The van der Waals surface area contributed by atoms with Crippen molar-refractivity contribution in [1.82, 2.24) is 0 Å². The van der Waals surface area contributed by atoms with Gasteiger partial charge in [0, 0.05) is 10.4 Å². The number of fused-ring (bicyclic) bond motifs is 1. The van der Waals surface area contributed by atoms with E-state index in [1.54, 1.807) is 12.1 Å². The van der Waals surface area contributed by atoms with Crippen LogP contribution in [0.3, 0.4) is 0 Å². The highest BCUT2D eigenvalue weighted by Crippen LogP contribution is 2.41. The van der Waals surface area contributed by atoms with Gasteiger partial charge in [0.05, 0.1) is 31.8 Å². The number of hydrogen-bond donors (Lipinski definition) is 1. The predicted octanol–water partition coefficient (Wildman–Crippen LogP) is 5.20. The fourth-order valence-corrected chi connectivity index (χ4v) is 5.76. The molecule has 2 heterocycles. The molecular formula is C23H23NO5S2. The predicted molar refractivity (Wildman–Crippen MR) is 123 cm³/mol. The number of methoxy groups -OCH3 is 3. The number of aryl methyl sites for hydroxylation is 1. The second kappa shape index (κ2) is 9.11. The number of anilines is 1. The topological polar surface area (TPSA) is 73.9 Å². The van der Waals surface area contributed by atoms with Crippen LogP contribution in [-0.2, 0) is 12.8 Å². The van der Waals surface area contributed by atoms with Crippen molar-refractivity contribution in [3.8, 4) is 17.2 Å². The van der Waals surface area contributed by atoms with Crippen LogP contribution in [0.15, 0.2) is 29.6 Å². The van der Waals surface area contributed by atoms with E-state index >= 15 is 0 Å². The maximum atomic E-state index is 13.3. The Bertz CT molecular complexity index is 1090. The van der Waals surface area contributed by atoms with Gasteiger partial charge in [0.15, 0.2) is 11.5 Å². The monoisotopic (exact) mass is 457 g/mol. The number of benzene rings is 1. The van der Waals surface area contributed by atoms with E-state index in [0.717, 1.165) is 31.2 Å². The summed E-state index contributed by atoms with van der Waals surface area (Å²) >= 11 is 2.92. The molecule has 1 amide bonds. The van der Waals surface area contributed by atoms with Crippen LogP contribution in [0.2, 0.25) is 0 Å². The summed E-state index contributed by atoms with van der Waals surface area (Å²) in [6.07, 6.45) is 3.94. The summed E-state index contributed by atoms with van der Waals surface area (Å²) in [6.45, 7) is 0. The minimum atomic E-state index is -0.335. The number of amides is 1. The lowest BCUT2D eigenvalue weighted by Crippen LogP contribution is -2.15. The van der Waals surface area contributed by atoms with Crippen molar-refractivity contribution in [1.29, 1.82) is 0 Å². The molecule has 0 aliphatic heterocycles. The van der Waals surface area contributed by atoms with Crippen LogP contribution in [0.4, 0.5) is 5.00 Å². The zero-order chi connectivity index (χ0) is 22.0. The number of ketones is 1. The van der Waals surface area contributed by atoms with Crippen molar-refractivity contribution in [2.75, 3.05) is 26.6 Å². The van der Waals surface area contributed by atoms with E-state index in [1.807, 2.05) is 17.5 Å². The quantitative estimate of drug-likeness (QED) is 0.494. The minimum Gasteiger partial charge on any atom is -0.493 e. The third-order valence-corrected chi connectivity index (χ3v) is 7.37. The molecule has 1 aliphatic rings. The van der Waals surface area contributed by atoms with Gasteiger partial charge in [-0.25, -0.2) is 0 Å². The molecule has 31 heavy (non-hydrogen) atoms. The third-order valence-electron chi connectivity index (χ3n) is 5.30. The molecule has 0 unspecified atom stereocenters. The largest absolute Gasteiger partial charge is 0.493 e. The molecule has 0 spiro atoms. The number of rotatable bonds is 7. The summed E-state index contributed by atoms with van der Waals surface area (Å²) in [6, 6.07) is 6.89. The lowest BCUT2D eigenvalue weighted by molar-refractivity contribution is 0.102. The van der Waals surface area contributed by atoms with Gasteiger partial charge in [-0.2, -0.15) is 0 Å². The molecule has 0 bridgehead atoms. The Morgan fingerprint density at radius 2 is 1.71 bits per heavy atom. The van der Waals surface area contributed by atoms with Crippen LogP contribution in [0.5, 0.6) is 17.2 Å². The summed E-state index contributed by atoms with van der Waals surface area (Å²) < 4.78 is 16.1. The number of ether oxygens (including phenoxy) is 3. The summed E-state index contributed by atoms with van der Waals surface area (Å²) in [4.78, 5) is 28.3. The lowest BCUT2D eigenvalue weighted by atomic mass is 9.93. The van der Waals surface area contributed by atoms with Gasteiger partial charge in [-0.1, -0.05) is 6.07 Å². The maximum Gasteiger partial charge on any atom is 0.256 e. The van der Waals surface area contributed by atoms with Crippen LogP contribution in [0.1, 0.15) is 48.9 Å². The van der Waals surface area contributed by atoms with E-state index in [0.29, 0.717) is 38.3 Å². The molecule has 2 aromatic heterocycles. The zero-order valence-electron chi connectivity index (χ0n) is 17.6. The molecule has 0 saturated carbocycles. The Labute approximate surface area is 188 Å². The Hall–Kier alpha value is -2.84. The number of carbonyl (C=O) groups excluding carboxylic acids is 2. The van der Waals surface area contributed by atoms with E-state index in [2.05, 4.69) is 5.32 Å². The molecule has 1 aliphatic carbocycles. The first-order valence-corrected chi connectivity index (χ1v) is 11.6. The van der Waals surface area contributed by atoms with Gasteiger partial charge in [-0.3, -0.25) is 9.59 Å². The van der Waals surface area contributed by atoms with Crippen LogP contribution in [-0.4, -0.2) is 33.0 Å². The standard InChI is InChI=1S/C23H23NO5S2/c1-27-15-11-13(12-16(28-2)21(15)29-3)22(26)24-23-19(20(25)18-9-6-10-30-18)14-7-4-5-8-17(14)31-23/h6,9-12H,4-5,7-8H2,1-3H3,(H,24,26). The van der Waals surface area contributed by atoms with Crippen molar-refractivity contribution >= 4 is 39.4 Å². The van der Waals surface area contributed by atoms with Crippen molar-refractivity contribution < 1.29 is 23.8 Å². The minimum absolute atomic E-state index is 0.0328. The number of thiophene rings is 2. The van der Waals surface area contributed by atoms with E-state index in [9.17, 15) is 9.59 Å². The zero-order valence-corrected chi connectivity index (χ0v) is 19.2. The van der Waals surface area contributed by atoms with Gasteiger partial charge in [0.1, 0.15) is 5.00 Å². The number of hydrogen-bond acceptors (Lipinski definition) is 7. The summed E-state index contributed by atoms with van der Waals surface area (Å²) in [7, 11) is 4.52. The van der Waals surface area contributed by atoms with Gasteiger partial charge in [-0.05, 0) is 54.8 Å². The Morgan fingerprint density at radius 3 is 2.32 bits per heavy atom. The maximum absolute atomic E-state index is 13.3. The molecule has 162 valence electrons. The lowest BCUT2D eigenvalue weighted by Gasteiger charge is -2.14. The molecule has 3 aromatic rings. The highest BCUT2D eigenvalue weighted by atomic mass is 32.1. The smallest absolute Gasteiger partial charge is 0.256 e. The van der Waals surface area contributed by atoms with Crippen molar-refractivity contribution in [3.63, 3.8) is 0 Å². The molecule has 4 rings (SSSR count). The molecule has 0 fully saturated rings. The second-order valence-electron chi connectivity index (χ2n) is 7.09. The molecule has 0 radical (unpaired) electrons. The molecule has 1 aromatic carbocycles. The molecule has 8 heteroatoms. The fraction of sp³-hybridized carbons (Fsp3) is 0.304. The number of nitrogens with one attached hydrogen (secondary N) is 1. The summed E-state index contributed by atoms with van der Waals surface area (Å²) in [5.74, 6) is 0.842. The first kappa shape index (κ1) is 21.4. The van der Waals surface area contributed by atoms with Gasteiger partial charge in [0.2, 0.25) is 11.5 Å². The first-order valence-electron chi connectivity index (χ1n) is 9.91. The average Bonchev–Trinajstić information content (AvgIpc) is 3.45. The average molecular weight is 458 g/mol. The second-order valence-corrected chi connectivity index (χ2v) is 9.14. The van der Waals surface area contributed by atoms with E-state index < -0.39 is 0 Å². The van der Waals surface area contributed by atoms with Crippen molar-refractivity contribution in [3.05, 3.63) is 56.1 Å². The van der Waals surface area contributed by atoms with Crippen LogP contribution >= 0.6 is 22.7 Å². The van der Waals surface area contributed by atoms with Gasteiger partial charge in [-0.15, -0.1) is 22.7 Å². The normalized spacial score (nSPS) is 12.7. The Morgan fingerprint density at radius 1 is 1.00 bits per heavy atom. The highest BCUT2D eigenvalue weighted by molar-refractivity contribution is 7.17. The van der Waals surface area contributed by atoms with Crippen LogP contribution < -0.4 is 19.5 Å². The van der Waals surface area contributed by atoms with Gasteiger partial charge < -0.3 is 19.5 Å². The molecule has 0 saturated heterocycles. The van der Waals surface area contributed by atoms with E-state index in [1.165, 1.54) is 48.9 Å². The van der Waals surface area contributed by atoms with Gasteiger partial charge in [0.25, 0.3) is 5.91 Å². The fourth-order valence-electron chi connectivity index (χ4n) is 3.81. The Balaban J connectivity index is 1.72. The number of carbonyl (C=O) groups is 2. The van der Waals surface area contributed by atoms with Crippen molar-refractivity contribution in [2.24, 2.45) is 0 Å². The van der Waals surface area contributed by atoms with Crippen LogP contribution in [0, 0.1) is 0 Å². The first-order chi connectivity index (χ1) is 15.1. The molecular weight excluding hydrogens is 434 g/mol. The van der Waals surface area contributed by atoms with Crippen molar-refractivity contribution in [2.45, 2.75) is 25.7 Å². The third kappa shape index (κ3) is 4.05. The van der Waals surface area contributed by atoms with Crippen LogP contribution in [0.25, 0.3) is 0 Å². The Kier molecular flexibility index (Phi) is 6.29. The summed E-state index contributed by atoms with van der Waals surface area (Å²) in [5.41, 5.74) is 2.06. The van der Waals surface area contributed by atoms with Gasteiger partial charge >= 0.3 is 0 Å². The van der Waals surface area contributed by atoms with E-state index in [4.69, 9.17) is 14.2 Å². The SMILES string of the molecule is COc1cc(C(=O)Nc2sc3c(c2C(=O)c2cccs2)CCCC3)cc(OC)c1OC. The molecule has 1 N–H and O–H groups in total. The summed E-state index contributed by atoms with van der Waals surface area (Å²) in [5, 5.41) is 5.47.